The lowest BCUT2D eigenvalue weighted by Gasteiger charge is -1.88. The first-order valence-electron chi connectivity index (χ1n) is 1.68. The molecule has 0 radical (unpaired) electrons. The van der Waals surface area contributed by atoms with Crippen LogP contribution in [0, 0.1) is 0 Å². The molecular weight excluding hydrogens is 120 g/mol. The van der Waals surface area contributed by atoms with Crippen molar-refractivity contribution in [3.63, 3.8) is 0 Å². The molecule has 0 unspecified atom stereocenters. The Balaban J connectivity index is 3.89. The molecule has 0 aromatic heterocycles. The van der Waals surface area contributed by atoms with Crippen LogP contribution in [0.5, 0.6) is 0 Å². The molecule has 0 saturated heterocycles. The average molecular weight is 126 g/mol. The van der Waals surface area contributed by atoms with Gasteiger partial charge in [0.2, 0.25) is 0 Å². The second-order valence-corrected chi connectivity index (χ2v) is 2.76. The van der Waals surface area contributed by atoms with E-state index in [0.717, 1.165) is 0 Å². The molecule has 4 nitrogen and oxygen atoms in total. The van der Waals surface area contributed by atoms with Crippen molar-refractivity contribution in [2.45, 2.75) is 6.92 Å². The zero-order chi connectivity index (χ0) is 5.91. The van der Waals surface area contributed by atoms with Gasteiger partial charge in [0, 0.05) is 0 Å². The monoisotopic (exact) mass is 126 g/mol. The summed E-state index contributed by atoms with van der Waals surface area (Å²) in [5, 5.41) is 7.51. The van der Waals surface area contributed by atoms with Crippen LogP contribution >= 0.6 is 0 Å². The normalized spacial score (nSPS) is 11.7. The average Bonchev–Trinajstić information content (AvgIpc) is 1.68. The third-order valence-corrected chi connectivity index (χ3v) is 1.40. The summed E-state index contributed by atoms with van der Waals surface area (Å²) in [6.45, 7) is 1.37. The molecule has 0 saturated carbocycles. The summed E-state index contributed by atoms with van der Waals surface area (Å²) in [6, 6.07) is 0. The summed E-state index contributed by atoms with van der Waals surface area (Å²) >= 11 is 0. The Morgan fingerprint density at radius 2 is 2.14 bits per heavy atom. The summed E-state index contributed by atoms with van der Waals surface area (Å²) in [5.41, 5.74) is 0. The van der Waals surface area contributed by atoms with Crippen LogP contribution in [0.2, 0.25) is 0 Å². The predicted molar refractivity (Wildman–Crippen MR) is 23.2 cm³/mol. The van der Waals surface area contributed by atoms with Gasteiger partial charge >= 0.3 is 0 Å². The van der Waals surface area contributed by atoms with E-state index in [-0.39, 0.29) is 5.75 Å². The Bertz CT molecular complexity index is 113. The lowest BCUT2D eigenvalue weighted by molar-refractivity contribution is -0.130. The zero-order valence-electron chi connectivity index (χ0n) is 3.79. The van der Waals surface area contributed by atoms with Crippen molar-refractivity contribution in [1.82, 2.24) is 0 Å². The highest BCUT2D eigenvalue weighted by Gasteiger charge is 2.02. The molecular formula is C2H6O4S. The van der Waals surface area contributed by atoms with E-state index in [1.54, 1.807) is 0 Å². The summed E-state index contributed by atoms with van der Waals surface area (Å²) in [6.07, 6.45) is 0. The van der Waals surface area contributed by atoms with Crippen LogP contribution in [0.1, 0.15) is 6.92 Å². The highest BCUT2D eigenvalue weighted by Crippen LogP contribution is 1.84. The van der Waals surface area contributed by atoms with Crippen molar-refractivity contribution < 1.29 is 18.0 Å². The van der Waals surface area contributed by atoms with Crippen molar-refractivity contribution >= 4 is 10.1 Å². The minimum Gasteiger partial charge on any atom is -0.235 e. The number of rotatable bonds is 2. The van der Waals surface area contributed by atoms with Crippen LogP contribution in [-0.2, 0) is 14.5 Å². The molecule has 0 aromatic carbocycles. The Morgan fingerprint density at radius 3 is 2.14 bits per heavy atom. The molecule has 0 spiro atoms. The van der Waals surface area contributed by atoms with Gasteiger partial charge in [-0.25, -0.2) is 5.26 Å². The fourth-order valence-electron chi connectivity index (χ4n) is 0.0527. The molecule has 0 bridgehead atoms. The maximum atomic E-state index is 9.90. The van der Waals surface area contributed by atoms with Gasteiger partial charge in [0.1, 0.15) is 0 Å². The van der Waals surface area contributed by atoms with Gasteiger partial charge in [-0.3, -0.25) is 0 Å². The van der Waals surface area contributed by atoms with Crippen molar-refractivity contribution in [1.29, 1.82) is 0 Å². The van der Waals surface area contributed by atoms with Crippen LogP contribution in [0.15, 0.2) is 0 Å². The molecule has 0 heterocycles. The summed E-state index contributed by atoms with van der Waals surface area (Å²) < 4.78 is 22.9. The minimum atomic E-state index is -3.60. The molecule has 5 heteroatoms. The summed E-state index contributed by atoms with van der Waals surface area (Å²) in [4.78, 5) is 0. The minimum absolute atomic E-state index is 0.205. The SMILES string of the molecule is CCS(=O)(=O)OO. The van der Waals surface area contributed by atoms with Crippen LogP contribution in [0.25, 0.3) is 0 Å². The van der Waals surface area contributed by atoms with E-state index in [9.17, 15) is 8.42 Å². The van der Waals surface area contributed by atoms with Crippen molar-refractivity contribution in [3.8, 4) is 0 Å². The first kappa shape index (κ1) is 6.87. The van der Waals surface area contributed by atoms with E-state index in [2.05, 4.69) is 4.33 Å². The molecule has 44 valence electrons. The molecule has 1 N–H and O–H groups in total. The molecule has 0 aliphatic heterocycles. The van der Waals surface area contributed by atoms with Crippen LogP contribution in [-0.4, -0.2) is 19.4 Å². The second-order valence-electron chi connectivity index (χ2n) is 0.921. The van der Waals surface area contributed by atoms with Gasteiger partial charge in [-0.15, -0.1) is 4.33 Å². The Labute approximate surface area is 41.8 Å². The van der Waals surface area contributed by atoms with Gasteiger partial charge in [-0.05, 0) is 6.92 Å². The van der Waals surface area contributed by atoms with Gasteiger partial charge in [-0.1, -0.05) is 0 Å². The predicted octanol–water partition coefficient (Wildman–Crippen LogP) is -0.174. The van der Waals surface area contributed by atoms with Crippen LogP contribution in [0.4, 0.5) is 0 Å². The quantitative estimate of drug-likeness (QED) is 0.412. The van der Waals surface area contributed by atoms with E-state index in [4.69, 9.17) is 5.26 Å². The maximum absolute atomic E-state index is 9.90. The fraction of sp³-hybridized carbons (Fsp3) is 1.00. The van der Waals surface area contributed by atoms with Crippen LogP contribution in [0.3, 0.4) is 0 Å². The van der Waals surface area contributed by atoms with Crippen molar-refractivity contribution in [3.05, 3.63) is 0 Å². The van der Waals surface area contributed by atoms with Crippen molar-refractivity contribution in [2.75, 3.05) is 5.75 Å². The van der Waals surface area contributed by atoms with Gasteiger partial charge in [0.15, 0.2) is 0 Å². The van der Waals surface area contributed by atoms with Gasteiger partial charge in [0.05, 0.1) is 5.75 Å². The molecule has 0 aliphatic rings. The maximum Gasteiger partial charge on any atom is 0.293 e. The molecule has 0 aliphatic carbocycles. The van der Waals surface area contributed by atoms with E-state index in [1.807, 2.05) is 0 Å². The standard InChI is InChI=1S/C2H6O4S/c1-2-7(4,5)6-3/h3H,2H2,1H3. The van der Waals surface area contributed by atoms with E-state index < -0.39 is 10.1 Å². The second kappa shape index (κ2) is 2.25. The first-order valence-corrected chi connectivity index (χ1v) is 3.26. The Kier molecular flexibility index (Phi) is 2.21. The number of hydrogen-bond acceptors (Lipinski definition) is 4. The number of hydrogen-bond donors (Lipinski definition) is 1. The van der Waals surface area contributed by atoms with Gasteiger partial charge < -0.3 is 0 Å². The largest absolute Gasteiger partial charge is 0.293 e. The molecule has 0 aromatic rings. The Morgan fingerprint density at radius 1 is 1.71 bits per heavy atom. The highest BCUT2D eigenvalue weighted by atomic mass is 32.2. The topological polar surface area (TPSA) is 63.6 Å². The van der Waals surface area contributed by atoms with Crippen molar-refractivity contribution in [2.24, 2.45) is 0 Å². The lowest BCUT2D eigenvalue weighted by Crippen LogP contribution is -2.03. The first-order chi connectivity index (χ1) is 3.12. The van der Waals surface area contributed by atoms with E-state index >= 15 is 0 Å². The van der Waals surface area contributed by atoms with Gasteiger partial charge in [-0.2, -0.15) is 8.42 Å². The Hall–Kier alpha value is -0.130. The molecule has 0 amide bonds. The molecule has 0 atom stereocenters. The molecule has 0 rings (SSSR count). The van der Waals surface area contributed by atoms with Crippen LogP contribution < -0.4 is 0 Å². The fourth-order valence-corrected chi connectivity index (χ4v) is 0.158. The third kappa shape index (κ3) is 2.55. The molecule has 7 heavy (non-hydrogen) atoms. The highest BCUT2D eigenvalue weighted by molar-refractivity contribution is 7.86. The van der Waals surface area contributed by atoms with Gasteiger partial charge in [0.25, 0.3) is 10.1 Å². The smallest absolute Gasteiger partial charge is 0.235 e. The van der Waals surface area contributed by atoms with E-state index in [0.29, 0.717) is 0 Å². The lowest BCUT2D eigenvalue weighted by atomic mass is 11.0. The summed E-state index contributed by atoms with van der Waals surface area (Å²) in [7, 11) is -3.60. The summed E-state index contributed by atoms with van der Waals surface area (Å²) in [5.74, 6) is -0.205. The zero-order valence-corrected chi connectivity index (χ0v) is 4.60. The third-order valence-electron chi connectivity index (χ3n) is 0.467. The van der Waals surface area contributed by atoms with E-state index in [1.165, 1.54) is 6.92 Å². The molecule has 0 fully saturated rings.